The topological polar surface area (TPSA) is 57.6 Å². The molecule has 18 heavy (non-hydrogen) atoms. The fourth-order valence-electron chi connectivity index (χ4n) is 2.60. The van der Waals surface area contributed by atoms with Crippen molar-refractivity contribution in [3.8, 4) is 0 Å². The molecule has 1 unspecified atom stereocenters. The summed E-state index contributed by atoms with van der Waals surface area (Å²) in [6, 6.07) is 0. The van der Waals surface area contributed by atoms with Crippen LogP contribution in [0, 0.1) is 0 Å². The quantitative estimate of drug-likeness (QED) is 0.712. The molecule has 1 amide bonds. The number of aliphatic carboxylic acids is 1. The van der Waals surface area contributed by atoms with Gasteiger partial charge in [0, 0.05) is 13.0 Å². The number of carbonyl (C=O) groups excluding carboxylic acids is 1. The molecule has 0 aromatic heterocycles. The lowest BCUT2D eigenvalue weighted by Gasteiger charge is -2.31. The lowest BCUT2D eigenvalue weighted by atomic mass is 9.99. The van der Waals surface area contributed by atoms with Gasteiger partial charge in [-0.25, -0.2) is 4.79 Å². The average Bonchev–Trinajstić information content (AvgIpc) is 2.72. The number of nitrogens with zero attached hydrogens (tertiary/aromatic N) is 1. The lowest BCUT2D eigenvalue weighted by Crippen LogP contribution is -2.50. The number of likely N-dealkylation sites (tertiary alicyclic amines) is 1. The van der Waals surface area contributed by atoms with E-state index in [0.717, 1.165) is 19.3 Å². The number of hydrogen-bond acceptors (Lipinski definition) is 2. The third-order valence-corrected chi connectivity index (χ3v) is 3.90. The Kier molecular flexibility index (Phi) is 5.63. The van der Waals surface area contributed by atoms with Crippen LogP contribution in [0.1, 0.15) is 65.2 Å². The Morgan fingerprint density at radius 1 is 1.22 bits per heavy atom. The van der Waals surface area contributed by atoms with Crippen LogP contribution in [0.15, 0.2) is 0 Å². The Morgan fingerprint density at radius 3 is 2.50 bits per heavy atom. The second-order valence-electron chi connectivity index (χ2n) is 5.39. The standard InChI is InChI=1S/C14H25NO3/c1-3-4-5-6-7-9-12(16)15-11-8-10-14(15,2)13(17)18/h3-11H2,1-2H3,(H,17,18). The van der Waals surface area contributed by atoms with E-state index in [-0.39, 0.29) is 5.91 Å². The molecule has 1 rings (SSSR count). The van der Waals surface area contributed by atoms with Crippen LogP contribution >= 0.6 is 0 Å². The summed E-state index contributed by atoms with van der Waals surface area (Å²) in [5, 5.41) is 9.24. The molecule has 0 radical (unpaired) electrons. The second-order valence-corrected chi connectivity index (χ2v) is 5.39. The van der Waals surface area contributed by atoms with Crippen LogP contribution in [0.25, 0.3) is 0 Å². The van der Waals surface area contributed by atoms with Gasteiger partial charge in [-0.05, 0) is 26.2 Å². The summed E-state index contributed by atoms with van der Waals surface area (Å²) in [5.41, 5.74) is -0.972. The molecule has 0 spiro atoms. The SMILES string of the molecule is CCCCCCCC(=O)N1CCCC1(C)C(=O)O. The highest BCUT2D eigenvalue weighted by atomic mass is 16.4. The molecule has 1 atom stereocenters. The van der Waals surface area contributed by atoms with Gasteiger partial charge in [0.25, 0.3) is 0 Å². The molecule has 0 aromatic rings. The molecule has 0 bridgehead atoms. The minimum absolute atomic E-state index is 0.00824. The van der Waals surface area contributed by atoms with Gasteiger partial charge >= 0.3 is 5.97 Å². The Morgan fingerprint density at radius 2 is 1.89 bits per heavy atom. The Labute approximate surface area is 109 Å². The summed E-state index contributed by atoms with van der Waals surface area (Å²) in [5.74, 6) is -0.867. The first-order valence-corrected chi connectivity index (χ1v) is 7.06. The molecule has 104 valence electrons. The first-order chi connectivity index (χ1) is 8.52. The first-order valence-electron chi connectivity index (χ1n) is 7.06. The molecule has 4 nitrogen and oxygen atoms in total. The minimum Gasteiger partial charge on any atom is -0.480 e. The largest absolute Gasteiger partial charge is 0.480 e. The summed E-state index contributed by atoms with van der Waals surface area (Å²) in [6.45, 7) is 4.42. The monoisotopic (exact) mass is 255 g/mol. The number of rotatable bonds is 7. The van der Waals surface area contributed by atoms with E-state index in [1.165, 1.54) is 19.3 Å². The molecule has 1 aliphatic heterocycles. The van der Waals surface area contributed by atoms with Crippen molar-refractivity contribution in [3.63, 3.8) is 0 Å². The third-order valence-electron chi connectivity index (χ3n) is 3.90. The molecule has 1 heterocycles. The predicted molar refractivity (Wildman–Crippen MR) is 70.4 cm³/mol. The number of carbonyl (C=O) groups is 2. The molecule has 0 aromatic carbocycles. The normalized spacial score (nSPS) is 23.3. The van der Waals surface area contributed by atoms with Crippen molar-refractivity contribution in [1.29, 1.82) is 0 Å². The van der Waals surface area contributed by atoms with Crippen LogP contribution in [0.3, 0.4) is 0 Å². The molecular formula is C14H25NO3. The van der Waals surface area contributed by atoms with Crippen molar-refractivity contribution in [1.82, 2.24) is 4.90 Å². The van der Waals surface area contributed by atoms with Gasteiger partial charge in [-0.2, -0.15) is 0 Å². The maximum Gasteiger partial charge on any atom is 0.329 e. The first kappa shape index (κ1) is 15.0. The maximum atomic E-state index is 12.1. The van der Waals surface area contributed by atoms with Crippen LogP contribution < -0.4 is 0 Å². The van der Waals surface area contributed by atoms with Crippen LogP contribution in [0.2, 0.25) is 0 Å². The van der Waals surface area contributed by atoms with Crippen LogP contribution in [0.5, 0.6) is 0 Å². The summed E-state index contributed by atoms with van der Waals surface area (Å²) in [6.07, 6.45) is 7.38. The van der Waals surface area contributed by atoms with Gasteiger partial charge in [0.05, 0.1) is 0 Å². The van der Waals surface area contributed by atoms with Gasteiger partial charge in [0.2, 0.25) is 5.91 Å². The number of carboxylic acids is 1. The smallest absolute Gasteiger partial charge is 0.329 e. The fourth-order valence-corrected chi connectivity index (χ4v) is 2.60. The van der Waals surface area contributed by atoms with E-state index in [1.807, 2.05) is 0 Å². The summed E-state index contributed by atoms with van der Waals surface area (Å²) in [4.78, 5) is 24.9. The van der Waals surface area contributed by atoms with E-state index in [2.05, 4.69) is 6.92 Å². The number of carboxylic acid groups (broad SMARTS) is 1. The van der Waals surface area contributed by atoms with Crippen molar-refractivity contribution < 1.29 is 14.7 Å². The minimum atomic E-state index is -0.972. The predicted octanol–water partition coefficient (Wildman–Crippen LogP) is 2.81. The molecule has 0 saturated carbocycles. The van der Waals surface area contributed by atoms with E-state index >= 15 is 0 Å². The van der Waals surface area contributed by atoms with Crippen molar-refractivity contribution in [2.45, 2.75) is 70.8 Å². The number of amides is 1. The fraction of sp³-hybridized carbons (Fsp3) is 0.857. The van der Waals surface area contributed by atoms with E-state index in [4.69, 9.17) is 0 Å². The van der Waals surface area contributed by atoms with Gasteiger partial charge in [-0.15, -0.1) is 0 Å². The lowest BCUT2D eigenvalue weighted by molar-refractivity contribution is -0.155. The van der Waals surface area contributed by atoms with Crippen LogP contribution in [-0.2, 0) is 9.59 Å². The van der Waals surface area contributed by atoms with E-state index in [1.54, 1.807) is 11.8 Å². The summed E-state index contributed by atoms with van der Waals surface area (Å²) >= 11 is 0. The van der Waals surface area contributed by atoms with Crippen LogP contribution in [0.4, 0.5) is 0 Å². The molecule has 1 N–H and O–H groups in total. The van der Waals surface area contributed by atoms with E-state index < -0.39 is 11.5 Å². The Bertz CT molecular complexity index is 303. The molecule has 1 fully saturated rings. The van der Waals surface area contributed by atoms with E-state index in [9.17, 15) is 14.7 Å². The van der Waals surface area contributed by atoms with Gasteiger partial charge in [-0.3, -0.25) is 4.79 Å². The van der Waals surface area contributed by atoms with Crippen LogP contribution in [-0.4, -0.2) is 34.0 Å². The van der Waals surface area contributed by atoms with E-state index in [0.29, 0.717) is 19.4 Å². The molecule has 0 aliphatic carbocycles. The van der Waals surface area contributed by atoms with Crippen molar-refractivity contribution in [2.24, 2.45) is 0 Å². The van der Waals surface area contributed by atoms with Crippen molar-refractivity contribution in [2.75, 3.05) is 6.54 Å². The van der Waals surface area contributed by atoms with Gasteiger partial charge < -0.3 is 10.0 Å². The zero-order chi connectivity index (χ0) is 13.6. The zero-order valence-corrected chi connectivity index (χ0v) is 11.6. The summed E-state index contributed by atoms with van der Waals surface area (Å²) in [7, 11) is 0. The van der Waals surface area contributed by atoms with Crippen molar-refractivity contribution in [3.05, 3.63) is 0 Å². The maximum absolute atomic E-state index is 12.1. The second kappa shape index (κ2) is 6.76. The molecule has 1 aliphatic rings. The van der Waals surface area contributed by atoms with Gasteiger partial charge in [0.15, 0.2) is 0 Å². The molecular weight excluding hydrogens is 230 g/mol. The number of unbranched alkanes of at least 4 members (excludes halogenated alkanes) is 4. The Hall–Kier alpha value is -1.06. The highest BCUT2D eigenvalue weighted by Crippen LogP contribution is 2.30. The molecule has 1 saturated heterocycles. The number of hydrogen-bond donors (Lipinski definition) is 1. The van der Waals surface area contributed by atoms with Gasteiger partial charge in [-0.1, -0.05) is 32.6 Å². The Balaban J connectivity index is 2.39. The van der Waals surface area contributed by atoms with Crippen molar-refractivity contribution >= 4 is 11.9 Å². The highest BCUT2D eigenvalue weighted by Gasteiger charge is 2.45. The molecule has 4 heteroatoms. The third kappa shape index (κ3) is 3.47. The zero-order valence-electron chi connectivity index (χ0n) is 11.6. The average molecular weight is 255 g/mol. The van der Waals surface area contributed by atoms with Gasteiger partial charge in [0.1, 0.15) is 5.54 Å². The highest BCUT2D eigenvalue weighted by molar-refractivity contribution is 5.87. The summed E-state index contributed by atoms with van der Waals surface area (Å²) < 4.78 is 0.